The summed E-state index contributed by atoms with van der Waals surface area (Å²) in [5.41, 5.74) is 2.13. The summed E-state index contributed by atoms with van der Waals surface area (Å²) in [4.78, 5) is 28.1. The second kappa shape index (κ2) is 9.77. The molecule has 1 aromatic carbocycles. The van der Waals surface area contributed by atoms with E-state index in [1.807, 2.05) is 24.3 Å². The van der Waals surface area contributed by atoms with Crippen molar-refractivity contribution in [1.29, 1.82) is 0 Å². The lowest BCUT2D eigenvalue weighted by Crippen LogP contribution is -2.56. The second-order valence-electron chi connectivity index (χ2n) is 15.1. The van der Waals surface area contributed by atoms with Gasteiger partial charge in [0.15, 0.2) is 0 Å². The first-order chi connectivity index (χ1) is 18.1. The summed E-state index contributed by atoms with van der Waals surface area (Å²) in [6.07, 6.45) is 15.8. The van der Waals surface area contributed by atoms with Gasteiger partial charge in [-0.3, -0.25) is 14.5 Å². The molecule has 3 nitrogen and oxygen atoms in total. The fourth-order valence-corrected chi connectivity index (χ4v) is 11.0. The summed E-state index contributed by atoms with van der Waals surface area (Å²) >= 11 is 0. The number of amides is 2. The zero-order valence-corrected chi connectivity index (χ0v) is 24.7. The minimum atomic E-state index is -0.0548. The molecule has 0 aromatic heterocycles. The standard InChI is InChI=1S/C35H51NO2/c1-22(2)9-8-10-23(3)29-15-16-30-28-14-13-24-21-25(17-19-34(24,4)31(28)18-20-35(29,30)5)36-32(37)26-11-6-7-12-27(26)33(36)38/h6-7,11-12,22-25,28-31H,8-10,13-21H2,1-5H3/t23-,24+,25-,28+,29-,30+,31+,34+,35-/m1/s1. The number of hydrogen-bond donors (Lipinski definition) is 0. The molecule has 1 aliphatic heterocycles. The largest absolute Gasteiger partial charge is 0.271 e. The number of rotatable bonds is 6. The van der Waals surface area contributed by atoms with E-state index in [1.54, 1.807) is 4.90 Å². The van der Waals surface area contributed by atoms with Crippen molar-refractivity contribution in [3.05, 3.63) is 35.4 Å². The van der Waals surface area contributed by atoms with Crippen LogP contribution in [0.5, 0.6) is 0 Å². The minimum Gasteiger partial charge on any atom is -0.271 e. The van der Waals surface area contributed by atoms with Crippen LogP contribution >= 0.6 is 0 Å². The van der Waals surface area contributed by atoms with Crippen molar-refractivity contribution in [3.8, 4) is 0 Å². The lowest BCUT2D eigenvalue weighted by molar-refractivity contribution is -0.121. The Balaban J connectivity index is 1.14. The highest BCUT2D eigenvalue weighted by Gasteiger charge is 2.61. The zero-order chi connectivity index (χ0) is 26.8. The maximum Gasteiger partial charge on any atom is 0.261 e. The molecule has 0 radical (unpaired) electrons. The van der Waals surface area contributed by atoms with Gasteiger partial charge in [0, 0.05) is 6.04 Å². The Labute approximate surface area is 231 Å². The third-order valence-corrected chi connectivity index (χ3v) is 13.0. The molecule has 38 heavy (non-hydrogen) atoms. The molecule has 4 aliphatic carbocycles. The zero-order valence-electron chi connectivity index (χ0n) is 24.7. The van der Waals surface area contributed by atoms with Crippen LogP contribution in [0.15, 0.2) is 24.3 Å². The van der Waals surface area contributed by atoms with Crippen molar-refractivity contribution in [2.45, 2.75) is 118 Å². The Bertz CT molecular complexity index is 1040. The average molecular weight is 518 g/mol. The van der Waals surface area contributed by atoms with E-state index in [0.717, 1.165) is 48.3 Å². The maximum atomic E-state index is 13.2. The van der Waals surface area contributed by atoms with Gasteiger partial charge in [-0.1, -0.05) is 66.0 Å². The van der Waals surface area contributed by atoms with E-state index < -0.39 is 0 Å². The highest BCUT2D eigenvalue weighted by Crippen LogP contribution is 2.68. The molecule has 0 saturated heterocycles. The molecular formula is C35H51NO2. The van der Waals surface area contributed by atoms with E-state index in [-0.39, 0.29) is 17.9 Å². The molecule has 9 atom stereocenters. The topological polar surface area (TPSA) is 37.4 Å². The van der Waals surface area contributed by atoms with E-state index in [1.165, 1.54) is 64.2 Å². The van der Waals surface area contributed by atoms with Crippen LogP contribution < -0.4 is 0 Å². The van der Waals surface area contributed by atoms with Gasteiger partial charge in [-0.15, -0.1) is 0 Å². The first kappa shape index (κ1) is 26.6. The van der Waals surface area contributed by atoms with E-state index in [0.29, 0.717) is 27.9 Å². The van der Waals surface area contributed by atoms with Gasteiger partial charge in [0.05, 0.1) is 11.1 Å². The molecule has 208 valence electrons. The molecule has 1 heterocycles. The molecule has 2 amide bonds. The fourth-order valence-electron chi connectivity index (χ4n) is 11.0. The molecule has 1 aromatic rings. The number of benzene rings is 1. The van der Waals surface area contributed by atoms with Crippen LogP contribution in [0.25, 0.3) is 0 Å². The van der Waals surface area contributed by atoms with E-state index in [9.17, 15) is 9.59 Å². The van der Waals surface area contributed by atoms with Crippen molar-refractivity contribution >= 4 is 11.8 Å². The Morgan fingerprint density at radius 2 is 1.47 bits per heavy atom. The van der Waals surface area contributed by atoms with Crippen LogP contribution in [0.3, 0.4) is 0 Å². The Kier molecular flexibility index (Phi) is 6.83. The minimum absolute atomic E-state index is 0.0548. The monoisotopic (exact) mass is 517 g/mol. The Hall–Kier alpha value is -1.64. The molecule has 4 saturated carbocycles. The first-order valence-corrected chi connectivity index (χ1v) is 16.1. The van der Waals surface area contributed by atoms with E-state index in [2.05, 4.69) is 34.6 Å². The van der Waals surface area contributed by atoms with Crippen LogP contribution in [-0.4, -0.2) is 22.8 Å². The first-order valence-electron chi connectivity index (χ1n) is 16.1. The number of nitrogens with zero attached hydrogens (tertiary/aromatic N) is 1. The number of hydrogen-bond acceptors (Lipinski definition) is 2. The van der Waals surface area contributed by atoms with Crippen LogP contribution in [0.2, 0.25) is 0 Å². The summed E-state index contributed by atoms with van der Waals surface area (Å²) in [6, 6.07) is 7.49. The van der Waals surface area contributed by atoms with Crippen molar-refractivity contribution in [2.24, 2.45) is 52.3 Å². The molecule has 0 bridgehead atoms. The van der Waals surface area contributed by atoms with Gasteiger partial charge in [-0.05, 0) is 122 Å². The number of carbonyl (C=O) groups excluding carboxylic acids is 2. The molecule has 0 spiro atoms. The van der Waals surface area contributed by atoms with Gasteiger partial charge in [0.2, 0.25) is 0 Å². The van der Waals surface area contributed by atoms with Crippen molar-refractivity contribution in [1.82, 2.24) is 4.90 Å². The lowest BCUT2D eigenvalue weighted by Gasteiger charge is -2.61. The molecule has 3 heteroatoms. The third-order valence-electron chi connectivity index (χ3n) is 13.0. The predicted octanol–water partition coefficient (Wildman–Crippen LogP) is 8.77. The van der Waals surface area contributed by atoms with Crippen molar-refractivity contribution in [2.75, 3.05) is 0 Å². The van der Waals surface area contributed by atoms with Crippen LogP contribution in [0.4, 0.5) is 0 Å². The van der Waals surface area contributed by atoms with Gasteiger partial charge in [-0.2, -0.15) is 0 Å². The summed E-state index contributed by atoms with van der Waals surface area (Å²) in [6.45, 7) is 12.6. The van der Waals surface area contributed by atoms with Crippen LogP contribution in [-0.2, 0) is 0 Å². The third kappa shape index (κ3) is 4.03. The normalized spacial score (nSPS) is 41.1. The van der Waals surface area contributed by atoms with Crippen molar-refractivity contribution < 1.29 is 9.59 Å². The summed E-state index contributed by atoms with van der Waals surface area (Å²) in [7, 11) is 0. The van der Waals surface area contributed by atoms with Gasteiger partial charge in [0.1, 0.15) is 0 Å². The number of carbonyl (C=O) groups is 2. The van der Waals surface area contributed by atoms with Gasteiger partial charge in [-0.25, -0.2) is 0 Å². The molecule has 4 fully saturated rings. The molecule has 0 N–H and O–H groups in total. The Morgan fingerprint density at radius 1 is 0.816 bits per heavy atom. The SMILES string of the molecule is CC(C)CCC[C@@H](C)[C@H]1CC[C@H]2[C@@H]3CC[C@H]4C[C@H](N5C(=O)c6ccccc6C5=O)CC[C@]4(C)[C@H]3CC[C@]12C. The molecule has 6 rings (SSSR count). The summed E-state index contributed by atoms with van der Waals surface area (Å²) in [5, 5.41) is 0. The highest BCUT2D eigenvalue weighted by atomic mass is 16.2. The van der Waals surface area contributed by atoms with Crippen LogP contribution in [0, 0.1) is 52.3 Å². The average Bonchev–Trinajstić information content (AvgIpc) is 3.37. The quantitative estimate of drug-likeness (QED) is 0.354. The second-order valence-corrected chi connectivity index (χ2v) is 15.1. The van der Waals surface area contributed by atoms with Gasteiger partial charge >= 0.3 is 0 Å². The van der Waals surface area contributed by atoms with E-state index >= 15 is 0 Å². The maximum absolute atomic E-state index is 13.2. The van der Waals surface area contributed by atoms with Gasteiger partial charge < -0.3 is 0 Å². The Morgan fingerprint density at radius 3 is 2.16 bits per heavy atom. The van der Waals surface area contributed by atoms with Gasteiger partial charge in [0.25, 0.3) is 11.8 Å². The van der Waals surface area contributed by atoms with Crippen molar-refractivity contribution in [3.63, 3.8) is 0 Å². The molecule has 5 aliphatic rings. The predicted molar refractivity (Wildman–Crippen MR) is 154 cm³/mol. The van der Waals surface area contributed by atoms with Crippen LogP contribution in [0.1, 0.15) is 132 Å². The summed E-state index contributed by atoms with van der Waals surface area (Å²) in [5.74, 6) is 5.76. The fraction of sp³-hybridized carbons (Fsp3) is 0.771. The summed E-state index contributed by atoms with van der Waals surface area (Å²) < 4.78 is 0. The number of fused-ring (bicyclic) bond motifs is 6. The molecule has 0 unspecified atom stereocenters. The van der Waals surface area contributed by atoms with E-state index in [4.69, 9.17) is 0 Å². The molecular weight excluding hydrogens is 466 g/mol. The lowest BCUT2D eigenvalue weighted by atomic mass is 9.44. The smallest absolute Gasteiger partial charge is 0.261 e. The number of imide groups is 1. The highest BCUT2D eigenvalue weighted by molar-refractivity contribution is 6.21.